The van der Waals surface area contributed by atoms with Gasteiger partial charge in [0.1, 0.15) is 0 Å². The van der Waals surface area contributed by atoms with Crippen molar-refractivity contribution in [3.8, 4) is 0 Å². The topological polar surface area (TPSA) is 87.4 Å². The number of anilines is 1. The highest BCUT2D eigenvalue weighted by atomic mass is 19.4. The third-order valence-corrected chi connectivity index (χ3v) is 7.70. The monoisotopic (exact) mass is 652 g/mol. The molecule has 17 heteroatoms. The van der Waals surface area contributed by atoms with E-state index in [0.29, 0.717) is 50.0 Å². The van der Waals surface area contributed by atoms with Crippen LogP contribution in [0.15, 0.2) is 36.4 Å². The van der Waals surface area contributed by atoms with Crippen LogP contribution >= 0.6 is 0 Å². The van der Waals surface area contributed by atoms with Crippen LogP contribution in [0.5, 0.6) is 0 Å². The van der Waals surface area contributed by atoms with Crippen LogP contribution in [0.1, 0.15) is 65.6 Å². The average Bonchev–Trinajstić information content (AvgIpc) is 3.38. The fraction of sp³-hybridized carbons (Fsp3) is 0.500. The minimum atomic E-state index is -5.11. The van der Waals surface area contributed by atoms with Gasteiger partial charge in [0.05, 0.1) is 29.7 Å². The second kappa shape index (κ2) is 12.8. The Kier molecular flexibility index (Phi) is 9.70. The van der Waals surface area contributed by atoms with Crippen molar-refractivity contribution < 1.29 is 49.4 Å². The predicted molar refractivity (Wildman–Crippen MR) is 142 cm³/mol. The fourth-order valence-corrected chi connectivity index (χ4v) is 5.51. The summed E-state index contributed by atoms with van der Waals surface area (Å²) in [6.07, 6.45) is -13.9. The van der Waals surface area contributed by atoms with Gasteiger partial charge in [-0.3, -0.25) is 9.69 Å². The summed E-state index contributed by atoms with van der Waals surface area (Å²) in [5.74, 6) is -1.73. The van der Waals surface area contributed by atoms with Crippen molar-refractivity contribution in [1.29, 1.82) is 0 Å². The molecule has 1 fully saturated rings. The van der Waals surface area contributed by atoms with E-state index >= 15 is 0 Å². The molecular weight excluding hydrogens is 623 g/mol. The van der Waals surface area contributed by atoms with E-state index in [1.54, 1.807) is 6.92 Å². The molecule has 246 valence electrons. The molecule has 8 nitrogen and oxygen atoms in total. The Balaban J connectivity index is 1.79. The van der Waals surface area contributed by atoms with E-state index in [1.807, 2.05) is 4.90 Å². The van der Waals surface area contributed by atoms with Gasteiger partial charge in [-0.05, 0) is 84.6 Å². The third-order valence-electron chi connectivity index (χ3n) is 7.70. The molecule has 0 radical (unpaired) electrons. The van der Waals surface area contributed by atoms with Gasteiger partial charge in [-0.1, -0.05) is 18.1 Å². The summed E-state index contributed by atoms with van der Waals surface area (Å²) in [6, 6.07) is 3.68. The van der Waals surface area contributed by atoms with Crippen LogP contribution < -0.4 is 4.90 Å². The SMILES string of the molecule is CCC(c1ccc(C(F)(F)F)cc1CN(Cc1cc(C(F)(F)F)cc(C(F)(F)F)c1)c1nnn(C)n1)N1CCC(C(=O)O)CC1. The molecule has 3 aromatic rings. The zero-order valence-corrected chi connectivity index (χ0v) is 24.0. The van der Waals surface area contributed by atoms with Crippen LogP contribution in [-0.4, -0.2) is 49.3 Å². The maximum absolute atomic E-state index is 13.8. The first-order valence-corrected chi connectivity index (χ1v) is 13.8. The van der Waals surface area contributed by atoms with E-state index < -0.39 is 71.8 Å². The Hall–Kier alpha value is -3.89. The quantitative estimate of drug-likeness (QED) is 0.257. The van der Waals surface area contributed by atoms with E-state index in [2.05, 4.69) is 15.4 Å². The number of benzene rings is 2. The standard InChI is InChI=1S/C28H29F9N6O2/c1-3-23(42-8-6-17(7-9-42)24(44)45)22-5-4-19(26(29,30)31)12-18(22)15-43(25-38-40-41(2)39-25)14-16-10-20(27(32,33)34)13-21(11-16)28(35,36)37/h4-5,10-13,17,23H,3,6-9,14-15H2,1-2H3,(H,44,45). The number of piperidine rings is 1. The second-order valence-corrected chi connectivity index (χ2v) is 10.8. The second-order valence-electron chi connectivity index (χ2n) is 10.8. The van der Waals surface area contributed by atoms with Crippen LogP contribution in [0.25, 0.3) is 0 Å². The number of halogens is 9. The Morgan fingerprint density at radius 1 is 0.911 bits per heavy atom. The summed E-state index contributed by atoms with van der Waals surface area (Å²) < 4.78 is 123. The smallest absolute Gasteiger partial charge is 0.416 e. The number of aliphatic carboxylic acids is 1. The van der Waals surface area contributed by atoms with Gasteiger partial charge in [-0.15, -0.1) is 5.10 Å². The molecule has 0 amide bonds. The molecule has 1 atom stereocenters. The molecule has 0 spiro atoms. The highest BCUT2D eigenvalue weighted by molar-refractivity contribution is 5.70. The van der Waals surface area contributed by atoms with Crippen molar-refractivity contribution in [2.45, 2.75) is 63.8 Å². The molecule has 1 aliphatic heterocycles. The molecular formula is C28H29F9N6O2. The molecule has 45 heavy (non-hydrogen) atoms. The van der Waals surface area contributed by atoms with Crippen LogP contribution in [0.4, 0.5) is 45.5 Å². The summed E-state index contributed by atoms with van der Waals surface area (Å²) in [7, 11) is 1.37. The molecule has 1 saturated heterocycles. The van der Waals surface area contributed by atoms with Crippen LogP contribution in [0.2, 0.25) is 0 Å². The van der Waals surface area contributed by atoms with Crippen molar-refractivity contribution in [2.24, 2.45) is 13.0 Å². The Bertz CT molecular complexity index is 1460. The van der Waals surface area contributed by atoms with Gasteiger partial charge < -0.3 is 10.0 Å². The van der Waals surface area contributed by atoms with E-state index in [9.17, 15) is 49.4 Å². The Morgan fingerprint density at radius 2 is 1.49 bits per heavy atom. The minimum absolute atomic E-state index is 0.0152. The summed E-state index contributed by atoms with van der Waals surface area (Å²) in [5, 5.41) is 20.9. The molecule has 1 N–H and O–H groups in total. The molecule has 4 rings (SSSR count). The maximum atomic E-state index is 13.8. The molecule has 1 aliphatic rings. The van der Waals surface area contributed by atoms with E-state index in [1.165, 1.54) is 13.1 Å². The lowest BCUT2D eigenvalue weighted by atomic mass is 9.90. The van der Waals surface area contributed by atoms with Crippen molar-refractivity contribution in [3.05, 3.63) is 69.8 Å². The predicted octanol–water partition coefficient (Wildman–Crippen LogP) is 6.72. The summed E-state index contributed by atoms with van der Waals surface area (Å²) in [6.45, 7) is 1.46. The van der Waals surface area contributed by atoms with Gasteiger partial charge in [0.25, 0.3) is 5.95 Å². The maximum Gasteiger partial charge on any atom is 0.416 e. The number of carboxylic acids is 1. The first kappa shape index (κ1) is 34.0. The number of tetrazole rings is 1. The minimum Gasteiger partial charge on any atom is -0.481 e. The summed E-state index contributed by atoms with van der Waals surface area (Å²) in [5.41, 5.74) is -4.00. The van der Waals surface area contributed by atoms with Crippen LogP contribution in [-0.2, 0) is 43.5 Å². The van der Waals surface area contributed by atoms with E-state index in [4.69, 9.17) is 0 Å². The zero-order chi connectivity index (χ0) is 33.3. The Labute approximate surface area is 251 Å². The highest BCUT2D eigenvalue weighted by Crippen LogP contribution is 2.39. The molecule has 0 aliphatic carbocycles. The fourth-order valence-electron chi connectivity index (χ4n) is 5.51. The van der Waals surface area contributed by atoms with Gasteiger partial charge in [-0.2, -0.15) is 44.3 Å². The number of rotatable bonds is 9. The number of aromatic nitrogens is 4. The van der Waals surface area contributed by atoms with Crippen LogP contribution in [0, 0.1) is 5.92 Å². The van der Waals surface area contributed by atoms with E-state index in [0.717, 1.165) is 21.8 Å². The van der Waals surface area contributed by atoms with Gasteiger partial charge >= 0.3 is 24.5 Å². The number of aryl methyl sites for hydroxylation is 1. The molecule has 0 saturated carbocycles. The lowest BCUT2D eigenvalue weighted by molar-refractivity contribution is -0.144. The van der Waals surface area contributed by atoms with Crippen molar-refractivity contribution in [1.82, 2.24) is 25.1 Å². The van der Waals surface area contributed by atoms with E-state index in [-0.39, 0.29) is 17.6 Å². The van der Waals surface area contributed by atoms with Gasteiger partial charge in [0.15, 0.2) is 0 Å². The number of carboxylic acid groups (broad SMARTS) is 1. The lowest BCUT2D eigenvalue weighted by Gasteiger charge is -2.37. The van der Waals surface area contributed by atoms with Crippen molar-refractivity contribution in [3.63, 3.8) is 0 Å². The Morgan fingerprint density at radius 3 is 1.96 bits per heavy atom. The molecule has 2 heterocycles. The van der Waals surface area contributed by atoms with Gasteiger partial charge in [0.2, 0.25) is 0 Å². The molecule has 2 aromatic carbocycles. The summed E-state index contributed by atoms with van der Waals surface area (Å²) >= 11 is 0. The lowest BCUT2D eigenvalue weighted by Crippen LogP contribution is -2.39. The highest BCUT2D eigenvalue weighted by Gasteiger charge is 2.38. The zero-order valence-electron chi connectivity index (χ0n) is 24.0. The summed E-state index contributed by atoms with van der Waals surface area (Å²) in [4.78, 5) is 15.5. The molecule has 0 bridgehead atoms. The third kappa shape index (κ3) is 8.23. The number of nitrogens with zero attached hydrogens (tertiary/aromatic N) is 6. The number of alkyl halides is 9. The largest absolute Gasteiger partial charge is 0.481 e. The molecule has 1 unspecified atom stereocenters. The normalized spacial score (nSPS) is 16.2. The average molecular weight is 653 g/mol. The van der Waals surface area contributed by atoms with Crippen molar-refractivity contribution >= 4 is 11.9 Å². The van der Waals surface area contributed by atoms with Crippen LogP contribution in [0.3, 0.4) is 0 Å². The number of carbonyl (C=O) groups is 1. The van der Waals surface area contributed by atoms with Gasteiger partial charge in [-0.25, -0.2) is 0 Å². The first-order valence-electron chi connectivity index (χ1n) is 13.8. The van der Waals surface area contributed by atoms with Gasteiger partial charge in [0, 0.05) is 19.1 Å². The molecule has 1 aromatic heterocycles. The number of hydrogen-bond donors (Lipinski definition) is 1. The number of likely N-dealkylation sites (tertiary alicyclic amines) is 1. The van der Waals surface area contributed by atoms with Crippen molar-refractivity contribution in [2.75, 3.05) is 18.0 Å². The first-order chi connectivity index (χ1) is 20.9. The number of hydrogen-bond acceptors (Lipinski definition) is 6.